The minimum absolute atomic E-state index is 0.0279. The Kier molecular flexibility index (Phi) is 4.06. The summed E-state index contributed by atoms with van der Waals surface area (Å²) >= 11 is 11.5. The van der Waals surface area contributed by atoms with Gasteiger partial charge in [-0.1, -0.05) is 85.9 Å². The second-order valence-electron chi connectivity index (χ2n) is 8.05. The summed E-state index contributed by atoms with van der Waals surface area (Å²) < 4.78 is 0.224. The van der Waals surface area contributed by atoms with E-state index in [1.807, 2.05) is 0 Å². The van der Waals surface area contributed by atoms with Gasteiger partial charge >= 0.3 is 0 Å². The predicted molar refractivity (Wildman–Crippen MR) is 108 cm³/mol. The maximum atomic E-state index is 13.6. The van der Waals surface area contributed by atoms with Gasteiger partial charge in [0.05, 0.1) is 9.15 Å². The molecule has 0 spiro atoms. The first-order valence-corrected chi connectivity index (χ1v) is 11.3. The molecule has 0 saturated heterocycles. The molecular formula is C19H22Br3NO. The topological polar surface area (TPSA) is 20.3 Å². The first kappa shape index (κ1) is 17.5. The number of carbonyl (C=O) groups excluding carboxylic acids is 1. The van der Waals surface area contributed by atoms with E-state index in [1.165, 1.54) is 11.1 Å². The van der Waals surface area contributed by atoms with Crippen LogP contribution in [0.2, 0.25) is 0 Å². The summed E-state index contributed by atoms with van der Waals surface area (Å²) in [5, 5.41) is 0. The van der Waals surface area contributed by atoms with Crippen LogP contribution in [0.15, 0.2) is 24.3 Å². The Morgan fingerprint density at radius 1 is 1.21 bits per heavy atom. The number of benzene rings is 1. The third-order valence-electron chi connectivity index (χ3n) is 7.29. The molecule has 3 fully saturated rings. The Morgan fingerprint density at radius 2 is 1.88 bits per heavy atom. The highest BCUT2D eigenvalue weighted by atomic mass is 79.9. The van der Waals surface area contributed by atoms with Crippen LogP contribution in [0.3, 0.4) is 0 Å². The number of hydrogen-bond donors (Lipinski definition) is 0. The molecule has 1 aromatic rings. The first-order valence-electron chi connectivity index (χ1n) is 8.57. The van der Waals surface area contributed by atoms with E-state index >= 15 is 0 Å². The van der Waals surface area contributed by atoms with Crippen molar-refractivity contribution in [1.82, 2.24) is 4.90 Å². The minimum Gasteiger partial charge on any atom is -0.337 e. The van der Waals surface area contributed by atoms with Crippen LogP contribution in [0.4, 0.5) is 0 Å². The molecule has 24 heavy (non-hydrogen) atoms. The van der Waals surface area contributed by atoms with Gasteiger partial charge < -0.3 is 4.90 Å². The Labute approximate surface area is 169 Å². The third kappa shape index (κ3) is 1.85. The summed E-state index contributed by atoms with van der Waals surface area (Å²) in [7, 11) is 0. The van der Waals surface area contributed by atoms with Crippen molar-refractivity contribution in [2.45, 2.75) is 48.2 Å². The van der Waals surface area contributed by atoms with Gasteiger partial charge in [0.2, 0.25) is 5.91 Å². The lowest BCUT2D eigenvalue weighted by molar-refractivity contribution is -0.173. The van der Waals surface area contributed by atoms with Gasteiger partial charge in [0.15, 0.2) is 0 Å². The van der Waals surface area contributed by atoms with E-state index in [2.05, 4.69) is 90.8 Å². The van der Waals surface area contributed by atoms with E-state index in [-0.39, 0.29) is 24.8 Å². The van der Waals surface area contributed by atoms with E-state index in [0.29, 0.717) is 5.91 Å². The predicted octanol–water partition coefficient (Wildman–Crippen LogP) is 5.26. The lowest BCUT2D eigenvalue weighted by atomic mass is 9.43. The van der Waals surface area contributed by atoms with Crippen molar-refractivity contribution in [2.24, 2.45) is 16.2 Å². The maximum Gasteiger partial charge on any atom is 0.230 e. The van der Waals surface area contributed by atoms with Crippen molar-refractivity contribution in [3.8, 4) is 0 Å². The Bertz CT molecular complexity index is 704. The third-order valence-corrected chi connectivity index (χ3v) is 10.5. The summed E-state index contributed by atoms with van der Waals surface area (Å²) in [6.45, 7) is 6.16. The molecule has 3 saturated carbocycles. The van der Waals surface area contributed by atoms with Crippen molar-refractivity contribution in [1.29, 1.82) is 0 Å². The number of alkyl halides is 3. The minimum atomic E-state index is -0.279. The monoisotopic (exact) mass is 517 g/mol. The highest BCUT2D eigenvalue weighted by Gasteiger charge is 2.83. The van der Waals surface area contributed by atoms with E-state index in [0.717, 1.165) is 32.4 Å². The lowest BCUT2D eigenvalue weighted by Crippen LogP contribution is -2.72. The van der Waals surface area contributed by atoms with Gasteiger partial charge in [-0.25, -0.2) is 0 Å². The first-order chi connectivity index (χ1) is 11.3. The number of nitrogens with zero attached hydrogens (tertiary/aromatic N) is 1. The standard InChI is InChI=1S/C19H22Br3NO/c1-17(2)18(15(21)22)8-9-19(17,14(18)20)16(24)23-10-7-12-5-3-4-6-13(12)11-23/h3-6,14-15H,7-11H2,1-2H3. The largest absolute Gasteiger partial charge is 0.337 e. The summed E-state index contributed by atoms with van der Waals surface area (Å²) in [6.07, 6.45) is 3.02. The summed E-state index contributed by atoms with van der Waals surface area (Å²) in [5.41, 5.74) is 2.49. The molecular weight excluding hydrogens is 498 g/mol. The fourth-order valence-electron chi connectivity index (χ4n) is 5.62. The van der Waals surface area contributed by atoms with E-state index in [1.54, 1.807) is 0 Å². The Hall–Kier alpha value is 0.130. The van der Waals surface area contributed by atoms with Gasteiger partial charge in [0, 0.05) is 23.3 Å². The van der Waals surface area contributed by atoms with Crippen LogP contribution in [0, 0.1) is 16.2 Å². The van der Waals surface area contributed by atoms with Crippen LogP contribution in [0.5, 0.6) is 0 Å². The highest BCUT2D eigenvalue weighted by molar-refractivity contribution is 9.24. The lowest BCUT2D eigenvalue weighted by Gasteiger charge is -2.66. The van der Waals surface area contributed by atoms with Crippen molar-refractivity contribution < 1.29 is 4.79 Å². The van der Waals surface area contributed by atoms with Gasteiger partial charge in [-0.2, -0.15) is 0 Å². The molecule has 0 aromatic heterocycles. The van der Waals surface area contributed by atoms with Crippen LogP contribution in [-0.4, -0.2) is 25.9 Å². The molecule has 5 heteroatoms. The zero-order valence-electron chi connectivity index (χ0n) is 14.0. The van der Waals surface area contributed by atoms with Crippen molar-refractivity contribution in [3.63, 3.8) is 0 Å². The average molecular weight is 520 g/mol. The smallest absolute Gasteiger partial charge is 0.230 e. The average Bonchev–Trinajstić information content (AvgIpc) is 3.03. The number of carbonyl (C=O) groups is 1. The fraction of sp³-hybridized carbons (Fsp3) is 0.632. The van der Waals surface area contributed by atoms with Crippen LogP contribution in [-0.2, 0) is 17.8 Å². The number of rotatable bonds is 2. The molecule has 3 unspecified atom stereocenters. The second-order valence-corrected chi connectivity index (χ2v) is 12.0. The van der Waals surface area contributed by atoms with Crippen LogP contribution < -0.4 is 0 Å². The zero-order chi connectivity index (χ0) is 17.3. The van der Waals surface area contributed by atoms with Gasteiger partial charge in [-0.3, -0.25) is 4.79 Å². The molecule has 1 amide bonds. The van der Waals surface area contributed by atoms with Gasteiger partial charge in [0.25, 0.3) is 0 Å². The molecule has 130 valence electrons. The number of halogens is 3. The molecule has 0 radical (unpaired) electrons. The molecule has 0 N–H and O–H groups in total. The summed E-state index contributed by atoms with van der Waals surface area (Å²) in [6, 6.07) is 8.52. The number of amides is 1. The molecule has 1 aliphatic heterocycles. The fourth-order valence-corrected chi connectivity index (χ4v) is 10.5. The Balaban J connectivity index is 1.65. The van der Waals surface area contributed by atoms with Gasteiger partial charge in [-0.15, -0.1) is 0 Å². The van der Waals surface area contributed by atoms with E-state index in [4.69, 9.17) is 0 Å². The molecule has 1 heterocycles. The normalized spacial score (nSPS) is 36.4. The van der Waals surface area contributed by atoms with Crippen LogP contribution in [0.25, 0.3) is 0 Å². The van der Waals surface area contributed by atoms with Crippen molar-refractivity contribution >= 4 is 53.7 Å². The van der Waals surface area contributed by atoms with Crippen molar-refractivity contribution in [2.75, 3.05) is 6.54 Å². The van der Waals surface area contributed by atoms with Crippen LogP contribution in [0.1, 0.15) is 37.8 Å². The number of fused-ring (bicyclic) bond motifs is 2. The molecule has 2 nitrogen and oxygen atoms in total. The summed E-state index contributed by atoms with van der Waals surface area (Å²) in [4.78, 5) is 16.0. The zero-order valence-corrected chi connectivity index (χ0v) is 18.7. The SMILES string of the molecule is CC1(C)C2(C(=O)N3CCc4ccccc4C3)CCC1(C(Br)Br)C2Br. The molecule has 2 bridgehead atoms. The summed E-state index contributed by atoms with van der Waals surface area (Å²) in [5.74, 6) is 0.345. The Morgan fingerprint density at radius 3 is 2.46 bits per heavy atom. The number of hydrogen-bond acceptors (Lipinski definition) is 1. The van der Waals surface area contributed by atoms with E-state index < -0.39 is 0 Å². The molecule has 5 rings (SSSR count). The quantitative estimate of drug-likeness (QED) is 0.488. The second kappa shape index (κ2) is 5.56. The molecule has 3 aliphatic carbocycles. The van der Waals surface area contributed by atoms with Gasteiger partial charge in [0.1, 0.15) is 0 Å². The van der Waals surface area contributed by atoms with Crippen LogP contribution >= 0.6 is 47.8 Å². The molecule has 4 aliphatic rings. The molecule has 1 aromatic carbocycles. The van der Waals surface area contributed by atoms with E-state index in [9.17, 15) is 4.79 Å². The molecule has 3 atom stereocenters. The highest BCUT2D eigenvalue weighted by Crippen LogP contribution is 2.82. The van der Waals surface area contributed by atoms with Gasteiger partial charge in [-0.05, 0) is 35.8 Å². The maximum absolute atomic E-state index is 13.6. The van der Waals surface area contributed by atoms with Crippen molar-refractivity contribution in [3.05, 3.63) is 35.4 Å².